The van der Waals surface area contributed by atoms with Crippen molar-refractivity contribution in [2.45, 2.75) is 0 Å². The molecule has 0 bridgehead atoms. The molecule has 0 heterocycles. The minimum Gasteiger partial charge on any atom is -0.480 e. The molecule has 0 spiro atoms. The third-order valence-electron chi connectivity index (χ3n) is 2.50. The van der Waals surface area contributed by atoms with Crippen LogP contribution in [0.4, 0.5) is 11.4 Å². The third-order valence-corrected chi connectivity index (χ3v) is 2.75. The number of rotatable bonds is 4. The average Bonchev–Trinajstić information content (AvgIpc) is 2.38. The summed E-state index contributed by atoms with van der Waals surface area (Å²) in [5.74, 6) is -0.881. The van der Waals surface area contributed by atoms with Gasteiger partial charge in [-0.2, -0.15) is 0 Å². The van der Waals surface area contributed by atoms with Crippen molar-refractivity contribution in [2.24, 2.45) is 0 Å². The normalized spacial score (nSPS) is 10.1. The molecule has 0 aliphatic carbocycles. The zero-order valence-corrected chi connectivity index (χ0v) is 10.3. The third kappa shape index (κ3) is 3.02. The van der Waals surface area contributed by atoms with E-state index in [4.69, 9.17) is 16.7 Å². The monoisotopic (exact) mass is 261 g/mol. The second-order valence-corrected chi connectivity index (χ2v) is 4.23. The molecule has 0 radical (unpaired) electrons. The summed E-state index contributed by atoms with van der Waals surface area (Å²) in [4.78, 5) is 12.7. The lowest BCUT2D eigenvalue weighted by Crippen LogP contribution is -2.24. The summed E-state index contributed by atoms with van der Waals surface area (Å²) < 4.78 is 0. The number of aliphatic carboxylic acids is 1. The molecule has 0 atom stereocenters. The van der Waals surface area contributed by atoms with Crippen molar-refractivity contribution >= 4 is 28.9 Å². The minimum atomic E-state index is -0.881. The summed E-state index contributed by atoms with van der Waals surface area (Å²) in [6, 6.07) is 16.5. The van der Waals surface area contributed by atoms with Crippen LogP contribution in [-0.4, -0.2) is 17.6 Å². The van der Waals surface area contributed by atoms with Gasteiger partial charge in [-0.15, -0.1) is 0 Å². The van der Waals surface area contributed by atoms with E-state index >= 15 is 0 Å². The lowest BCUT2D eigenvalue weighted by Gasteiger charge is -2.23. The smallest absolute Gasteiger partial charge is 0.323 e. The molecular weight excluding hydrogens is 250 g/mol. The predicted molar refractivity (Wildman–Crippen MR) is 72.5 cm³/mol. The molecule has 0 amide bonds. The molecule has 0 saturated heterocycles. The van der Waals surface area contributed by atoms with E-state index in [1.807, 2.05) is 30.3 Å². The van der Waals surface area contributed by atoms with Crippen LogP contribution in [0.25, 0.3) is 0 Å². The maximum atomic E-state index is 11.0. The van der Waals surface area contributed by atoms with Gasteiger partial charge in [0, 0.05) is 16.4 Å². The summed E-state index contributed by atoms with van der Waals surface area (Å²) in [7, 11) is 0. The lowest BCUT2D eigenvalue weighted by molar-refractivity contribution is -0.135. The summed E-state index contributed by atoms with van der Waals surface area (Å²) in [5, 5.41) is 9.62. The fourth-order valence-corrected chi connectivity index (χ4v) is 1.82. The summed E-state index contributed by atoms with van der Waals surface area (Å²) >= 11 is 5.83. The van der Waals surface area contributed by atoms with Crippen LogP contribution in [0, 0.1) is 0 Å². The Bertz CT molecular complexity index is 525. The lowest BCUT2D eigenvalue weighted by atomic mass is 10.2. The van der Waals surface area contributed by atoms with Crippen LogP contribution in [0.2, 0.25) is 5.02 Å². The number of benzene rings is 2. The highest BCUT2D eigenvalue weighted by molar-refractivity contribution is 6.30. The van der Waals surface area contributed by atoms with Crippen molar-refractivity contribution in [2.75, 3.05) is 11.4 Å². The Balaban J connectivity index is 2.36. The molecule has 0 aliphatic rings. The van der Waals surface area contributed by atoms with Crippen molar-refractivity contribution in [1.82, 2.24) is 0 Å². The van der Waals surface area contributed by atoms with E-state index in [-0.39, 0.29) is 6.54 Å². The molecule has 0 aliphatic heterocycles. The Morgan fingerprint density at radius 1 is 1.00 bits per heavy atom. The quantitative estimate of drug-likeness (QED) is 0.915. The predicted octanol–water partition coefficient (Wildman–Crippen LogP) is 3.56. The van der Waals surface area contributed by atoms with Crippen molar-refractivity contribution < 1.29 is 9.90 Å². The standard InChI is InChI=1S/C14H12ClNO2/c15-11-6-8-13(9-7-11)16(10-14(17)18)12-4-2-1-3-5-12/h1-9H,10H2,(H,17,18). The maximum absolute atomic E-state index is 11.0. The Hall–Kier alpha value is -2.00. The van der Waals surface area contributed by atoms with Gasteiger partial charge in [-0.3, -0.25) is 4.79 Å². The molecule has 4 heteroatoms. The molecule has 3 nitrogen and oxygen atoms in total. The highest BCUT2D eigenvalue weighted by Gasteiger charge is 2.12. The van der Waals surface area contributed by atoms with Gasteiger partial charge < -0.3 is 10.0 Å². The van der Waals surface area contributed by atoms with E-state index in [1.54, 1.807) is 29.2 Å². The molecule has 2 rings (SSSR count). The molecule has 0 unspecified atom stereocenters. The summed E-state index contributed by atoms with van der Waals surface area (Å²) in [5.41, 5.74) is 1.63. The van der Waals surface area contributed by atoms with E-state index in [0.717, 1.165) is 11.4 Å². The number of nitrogens with zero attached hydrogens (tertiary/aromatic N) is 1. The minimum absolute atomic E-state index is 0.0916. The summed E-state index contributed by atoms with van der Waals surface area (Å²) in [6.45, 7) is -0.0916. The first-order valence-corrected chi connectivity index (χ1v) is 5.84. The Labute approximate surface area is 110 Å². The Morgan fingerprint density at radius 3 is 2.11 bits per heavy atom. The number of carboxylic acids is 1. The van der Waals surface area contributed by atoms with E-state index in [0.29, 0.717) is 5.02 Å². The number of carbonyl (C=O) groups is 1. The number of hydrogen-bond acceptors (Lipinski definition) is 2. The number of para-hydroxylation sites is 1. The second-order valence-electron chi connectivity index (χ2n) is 3.79. The molecule has 0 aromatic heterocycles. The van der Waals surface area contributed by atoms with E-state index in [9.17, 15) is 4.79 Å². The Kier molecular flexibility index (Phi) is 3.85. The van der Waals surface area contributed by atoms with E-state index in [1.165, 1.54) is 0 Å². The largest absolute Gasteiger partial charge is 0.480 e. The van der Waals surface area contributed by atoms with Crippen molar-refractivity contribution in [3.05, 3.63) is 59.6 Å². The zero-order chi connectivity index (χ0) is 13.0. The van der Waals surface area contributed by atoms with Crippen LogP contribution in [0.1, 0.15) is 0 Å². The van der Waals surface area contributed by atoms with Gasteiger partial charge in [-0.25, -0.2) is 0 Å². The van der Waals surface area contributed by atoms with Crippen LogP contribution in [0.3, 0.4) is 0 Å². The van der Waals surface area contributed by atoms with Crippen molar-refractivity contribution in [1.29, 1.82) is 0 Å². The van der Waals surface area contributed by atoms with Gasteiger partial charge in [-0.1, -0.05) is 29.8 Å². The fourth-order valence-electron chi connectivity index (χ4n) is 1.70. The Morgan fingerprint density at radius 2 is 1.56 bits per heavy atom. The SMILES string of the molecule is O=C(O)CN(c1ccccc1)c1ccc(Cl)cc1. The zero-order valence-electron chi connectivity index (χ0n) is 9.58. The van der Waals surface area contributed by atoms with Gasteiger partial charge in [0.1, 0.15) is 6.54 Å². The summed E-state index contributed by atoms with van der Waals surface area (Å²) in [6.07, 6.45) is 0. The number of hydrogen-bond donors (Lipinski definition) is 1. The molecule has 0 fully saturated rings. The van der Waals surface area contributed by atoms with Crippen LogP contribution in [0.15, 0.2) is 54.6 Å². The molecular formula is C14H12ClNO2. The number of anilines is 2. The number of carboxylic acid groups (broad SMARTS) is 1. The number of halogens is 1. The van der Waals surface area contributed by atoms with Gasteiger partial charge in [0.05, 0.1) is 0 Å². The second kappa shape index (κ2) is 5.56. The molecule has 1 N–H and O–H groups in total. The van der Waals surface area contributed by atoms with Gasteiger partial charge in [0.15, 0.2) is 0 Å². The topological polar surface area (TPSA) is 40.5 Å². The first kappa shape index (κ1) is 12.5. The molecule has 0 saturated carbocycles. The molecule has 18 heavy (non-hydrogen) atoms. The highest BCUT2D eigenvalue weighted by Crippen LogP contribution is 2.25. The fraction of sp³-hybridized carbons (Fsp3) is 0.0714. The maximum Gasteiger partial charge on any atom is 0.323 e. The van der Waals surface area contributed by atoms with Crippen LogP contribution >= 0.6 is 11.6 Å². The van der Waals surface area contributed by atoms with Crippen LogP contribution < -0.4 is 4.90 Å². The van der Waals surface area contributed by atoms with Crippen molar-refractivity contribution in [3.8, 4) is 0 Å². The van der Waals surface area contributed by atoms with Crippen LogP contribution in [-0.2, 0) is 4.79 Å². The molecule has 92 valence electrons. The van der Waals surface area contributed by atoms with Gasteiger partial charge in [0.25, 0.3) is 0 Å². The van der Waals surface area contributed by atoms with Gasteiger partial charge in [0.2, 0.25) is 0 Å². The van der Waals surface area contributed by atoms with Crippen molar-refractivity contribution in [3.63, 3.8) is 0 Å². The molecule has 2 aromatic rings. The van der Waals surface area contributed by atoms with Crippen LogP contribution in [0.5, 0.6) is 0 Å². The highest BCUT2D eigenvalue weighted by atomic mass is 35.5. The average molecular weight is 262 g/mol. The first-order valence-electron chi connectivity index (χ1n) is 5.47. The molecule has 2 aromatic carbocycles. The van der Waals surface area contributed by atoms with E-state index < -0.39 is 5.97 Å². The van der Waals surface area contributed by atoms with Gasteiger partial charge >= 0.3 is 5.97 Å². The van der Waals surface area contributed by atoms with Gasteiger partial charge in [-0.05, 0) is 36.4 Å². The first-order chi connectivity index (χ1) is 8.66. The van der Waals surface area contributed by atoms with E-state index in [2.05, 4.69) is 0 Å².